The van der Waals surface area contributed by atoms with E-state index in [0.29, 0.717) is 25.8 Å². The van der Waals surface area contributed by atoms with Crippen molar-refractivity contribution in [3.63, 3.8) is 0 Å². The summed E-state index contributed by atoms with van der Waals surface area (Å²) in [6.45, 7) is 8.74. The number of ketones is 1. The largest absolute Gasteiger partial charge is 0.476 e. The van der Waals surface area contributed by atoms with Gasteiger partial charge < -0.3 is 14.7 Å². The predicted octanol–water partition coefficient (Wildman–Crippen LogP) is 6.07. The molecule has 1 aliphatic heterocycles. The van der Waals surface area contributed by atoms with Crippen LogP contribution in [0.1, 0.15) is 87.3 Å². The van der Waals surface area contributed by atoms with Crippen molar-refractivity contribution in [3.05, 3.63) is 52.0 Å². The number of carbonyl (C=O) groups excluding carboxylic acids is 3. The Labute approximate surface area is 253 Å². The maximum Gasteiger partial charge on any atom is 0.410 e. The zero-order valence-electron chi connectivity index (χ0n) is 25.5. The van der Waals surface area contributed by atoms with E-state index in [-0.39, 0.29) is 48.3 Å². The Balaban J connectivity index is 1.69. The smallest absolute Gasteiger partial charge is 0.410 e. The fourth-order valence-electron chi connectivity index (χ4n) is 5.65. The molecule has 2 heterocycles. The third-order valence-electron chi connectivity index (χ3n) is 8.42. The van der Waals surface area contributed by atoms with Crippen molar-refractivity contribution in [2.24, 2.45) is 17.8 Å². The molecule has 4 atom stereocenters. The molecule has 0 unspecified atom stereocenters. The molecular formula is C32H45N3O6S. The summed E-state index contributed by atoms with van der Waals surface area (Å²) in [6, 6.07) is 8.75. The Morgan fingerprint density at radius 3 is 2.48 bits per heavy atom. The Bertz CT molecular complexity index is 1200. The molecule has 10 heteroatoms. The Hall–Kier alpha value is -3.27. The van der Waals surface area contributed by atoms with Gasteiger partial charge in [-0.2, -0.15) is 0 Å². The van der Waals surface area contributed by atoms with E-state index in [0.717, 1.165) is 29.8 Å². The van der Waals surface area contributed by atoms with Crippen molar-refractivity contribution in [1.29, 1.82) is 0 Å². The lowest BCUT2D eigenvalue weighted by atomic mass is 9.83. The van der Waals surface area contributed by atoms with Crippen LogP contribution < -0.4 is 0 Å². The summed E-state index contributed by atoms with van der Waals surface area (Å²) >= 11 is 1.31. The van der Waals surface area contributed by atoms with Gasteiger partial charge >= 0.3 is 12.1 Å². The standard InChI is InChI=1S/C32H45N3O6S/c1-6-22(4)24(30(37)34(5)26(21(2)3)15-16-29-33-25(20-42-29)31(38)39)18-28(36)27-14-10-11-17-35(27)32(40)41-19-23-12-8-7-9-13-23/h7-9,12-13,20-22,24,26-27H,6,10-11,14-19H2,1-5H3,(H,38,39)/t22-,24-,26+,27+/m0/s1. The topological polar surface area (TPSA) is 117 Å². The zero-order chi connectivity index (χ0) is 30.8. The van der Waals surface area contributed by atoms with Crippen molar-refractivity contribution < 1.29 is 29.0 Å². The summed E-state index contributed by atoms with van der Waals surface area (Å²) < 4.78 is 5.57. The minimum absolute atomic E-state index is 0.0177. The van der Waals surface area contributed by atoms with Crippen molar-refractivity contribution in [3.8, 4) is 0 Å². The number of ether oxygens (including phenoxy) is 1. The van der Waals surface area contributed by atoms with E-state index in [1.165, 1.54) is 16.7 Å². The molecule has 1 fully saturated rings. The number of hydrogen-bond acceptors (Lipinski definition) is 7. The summed E-state index contributed by atoms with van der Waals surface area (Å²) in [6.07, 6.45) is 3.75. The van der Waals surface area contributed by atoms with Gasteiger partial charge in [-0.05, 0) is 43.1 Å². The second-order valence-corrected chi connectivity index (χ2v) is 12.6. The highest BCUT2D eigenvalue weighted by atomic mass is 32.1. The van der Waals surface area contributed by atoms with E-state index in [4.69, 9.17) is 4.74 Å². The van der Waals surface area contributed by atoms with Crippen LogP contribution in [-0.4, -0.2) is 69.3 Å². The number of hydrogen-bond donors (Lipinski definition) is 1. The summed E-state index contributed by atoms with van der Waals surface area (Å²) in [5.41, 5.74) is 0.921. The Kier molecular flexibility index (Phi) is 12.5. The van der Waals surface area contributed by atoms with Crippen LogP contribution >= 0.6 is 11.3 Å². The number of thiazole rings is 1. The normalized spacial score (nSPS) is 17.4. The van der Waals surface area contributed by atoms with Gasteiger partial charge in [0.05, 0.1) is 11.0 Å². The Morgan fingerprint density at radius 1 is 1.14 bits per heavy atom. The third kappa shape index (κ3) is 8.86. The number of benzene rings is 1. The van der Waals surface area contributed by atoms with Crippen molar-refractivity contribution >= 4 is 35.1 Å². The fourth-order valence-corrected chi connectivity index (χ4v) is 6.44. The van der Waals surface area contributed by atoms with Crippen molar-refractivity contribution in [1.82, 2.24) is 14.8 Å². The molecule has 2 amide bonds. The molecule has 1 aromatic carbocycles. The van der Waals surface area contributed by atoms with Crippen LogP contribution in [0.3, 0.4) is 0 Å². The van der Waals surface area contributed by atoms with E-state index in [9.17, 15) is 24.3 Å². The summed E-state index contributed by atoms with van der Waals surface area (Å²) in [4.78, 5) is 59.5. The summed E-state index contributed by atoms with van der Waals surface area (Å²) in [5, 5.41) is 11.4. The predicted molar refractivity (Wildman–Crippen MR) is 162 cm³/mol. The van der Waals surface area contributed by atoms with Crippen LogP contribution in [-0.2, 0) is 27.4 Å². The monoisotopic (exact) mass is 599 g/mol. The number of carbonyl (C=O) groups is 4. The van der Waals surface area contributed by atoms with Crippen LogP contribution in [0.2, 0.25) is 0 Å². The molecule has 0 radical (unpaired) electrons. The van der Waals surface area contributed by atoms with Crippen LogP contribution in [0.25, 0.3) is 0 Å². The lowest BCUT2D eigenvalue weighted by molar-refractivity contribution is -0.142. The zero-order valence-corrected chi connectivity index (χ0v) is 26.3. The lowest BCUT2D eigenvalue weighted by Crippen LogP contribution is -2.50. The van der Waals surface area contributed by atoms with Gasteiger partial charge in [0.1, 0.15) is 6.61 Å². The molecule has 3 rings (SSSR count). The number of piperidine rings is 1. The first-order valence-electron chi connectivity index (χ1n) is 15.0. The minimum atomic E-state index is -1.05. The van der Waals surface area contributed by atoms with Crippen LogP contribution in [0, 0.1) is 17.8 Å². The maximum absolute atomic E-state index is 14.0. The molecule has 1 aromatic heterocycles. The average Bonchev–Trinajstić information content (AvgIpc) is 3.47. The van der Waals surface area contributed by atoms with Gasteiger partial charge in [0, 0.05) is 43.8 Å². The molecule has 9 nitrogen and oxygen atoms in total. The van der Waals surface area contributed by atoms with E-state index >= 15 is 0 Å². The van der Waals surface area contributed by atoms with Gasteiger partial charge in [-0.3, -0.25) is 14.5 Å². The number of rotatable bonds is 14. The van der Waals surface area contributed by atoms with E-state index in [2.05, 4.69) is 18.8 Å². The molecule has 1 N–H and O–H groups in total. The van der Waals surface area contributed by atoms with Gasteiger partial charge in [-0.15, -0.1) is 11.3 Å². The molecule has 0 spiro atoms. The first-order chi connectivity index (χ1) is 20.0. The first-order valence-corrected chi connectivity index (χ1v) is 15.9. The highest BCUT2D eigenvalue weighted by Gasteiger charge is 2.38. The molecule has 0 saturated carbocycles. The Morgan fingerprint density at radius 2 is 1.86 bits per heavy atom. The van der Waals surface area contributed by atoms with Crippen molar-refractivity contribution in [2.75, 3.05) is 13.6 Å². The van der Waals surface area contributed by atoms with E-state index < -0.39 is 24.0 Å². The third-order valence-corrected chi connectivity index (χ3v) is 9.33. The van der Waals surface area contributed by atoms with Gasteiger partial charge in [0.2, 0.25) is 5.91 Å². The van der Waals surface area contributed by atoms with Crippen LogP contribution in [0.15, 0.2) is 35.7 Å². The molecule has 1 aliphatic rings. The number of aryl methyl sites for hydroxylation is 1. The number of aromatic carboxylic acids is 1. The number of nitrogens with zero attached hydrogens (tertiary/aromatic N) is 3. The number of carboxylic acids is 1. The molecule has 1 saturated heterocycles. The SMILES string of the molecule is CC[C@H](C)[C@H](CC(=O)[C@H]1CCCCN1C(=O)OCc1ccccc1)C(=O)N(C)[C@H](CCc1nc(C(=O)O)cs1)C(C)C. The molecule has 42 heavy (non-hydrogen) atoms. The number of aromatic nitrogens is 1. The number of amides is 2. The molecular weight excluding hydrogens is 554 g/mol. The highest BCUT2D eigenvalue weighted by molar-refractivity contribution is 7.09. The summed E-state index contributed by atoms with van der Waals surface area (Å²) in [5.74, 6) is -1.59. The van der Waals surface area contributed by atoms with Crippen LogP contribution in [0.5, 0.6) is 0 Å². The van der Waals surface area contributed by atoms with Gasteiger partial charge in [0.25, 0.3) is 0 Å². The van der Waals surface area contributed by atoms with E-state index in [1.54, 1.807) is 16.8 Å². The van der Waals surface area contributed by atoms with Crippen molar-refractivity contribution in [2.45, 2.75) is 91.3 Å². The molecule has 230 valence electrons. The first kappa shape index (κ1) is 33.2. The van der Waals surface area contributed by atoms with Gasteiger partial charge in [-0.1, -0.05) is 64.4 Å². The lowest BCUT2D eigenvalue weighted by Gasteiger charge is -2.37. The molecule has 0 bridgehead atoms. The number of carboxylic acid groups (broad SMARTS) is 1. The fraction of sp³-hybridized carbons (Fsp3) is 0.594. The summed E-state index contributed by atoms with van der Waals surface area (Å²) in [7, 11) is 1.80. The quantitative estimate of drug-likeness (QED) is 0.280. The van der Waals surface area contributed by atoms with E-state index in [1.807, 2.05) is 44.2 Å². The minimum Gasteiger partial charge on any atom is -0.476 e. The number of Topliss-reactive ketones (excluding diaryl/α,β-unsaturated/α-hetero) is 1. The maximum atomic E-state index is 14.0. The van der Waals surface area contributed by atoms with Crippen LogP contribution in [0.4, 0.5) is 4.79 Å². The average molecular weight is 600 g/mol. The van der Waals surface area contributed by atoms with Gasteiger partial charge in [-0.25, -0.2) is 14.6 Å². The molecule has 0 aliphatic carbocycles. The second kappa shape index (κ2) is 15.8. The number of likely N-dealkylation sites (tertiary alicyclic amines) is 1. The highest BCUT2D eigenvalue weighted by Crippen LogP contribution is 2.29. The molecule has 2 aromatic rings. The van der Waals surface area contributed by atoms with Gasteiger partial charge in [0.15, 0.2) is 11.5 Å². The second-order valence-electron chi connectivity index (χ2n) is 11.6.